The number of likely N-dealkylation sites (N-methyl/N-ethyl adjacent to an activating group) is 1. The molecule has 2 rings (SSSR count). The first-order valence-corrected chi connectivity index (χ1v) is 8.93. The summed E-state index contributed by atoms with van der Waals surface area (Å²) in [5.41, 5.74) is 6.04. The summed E-state index contributed by atoms with van der Waals surface area (Å²) < 4.78 is 28.0. The van der Waals surface area contributed by atoms with Gasteiger partial charge in [-0.15, -0.1) is 0 Å². The van der Waals surface area contributed by atoms with Gasteiger partial charge in [0.2, 0.25) is 10.0 Å². The minimum atomic E-state index is -3.55. The smallest absolute Gasteiger partial charge is 0.242 e. The molecular weight excluding hydrogens is 342 g/mol. The predicted molar refractivity (Wildman–Crippen MR) is 84.0 cm³/mol. The maximum Gasteiger partial charge on any atom is 0.242 e. The van der Waals surface area contributed by atoms with Gasteiger partial charge in [-0.2, -0.15) is 0 Å². The number of halogens is 1. The summed E-state index contributed by atoms with van der Waals surface area (Å²) >= 11 is 3.27. The van der Waals surface area contributed by atoms with Crippen molar-refractivity contribution in [1.29, 1.82) is 0 Å². The summed E-state index contributed by atoms with van der Waals surface area (Å²) in [5.74, 6) is 0. The molecule has 1 aliphatic heterocycles. The van der Waals surface area contributed by atoms with E-state index in [0.717, 1.165) is 23.9 Å². The van der Waals surface area contributed by atoms with E-state index in [2.05, 4.69) is 25.6 Å². The molecule has 5 nitrogen and oxygen atoms in total. The van der Waals surface area contributed by atoms with Crippen LogP contribution in [0, 0.1) is 0 Å². The second-order valence-electron chi connectivity index (χ2n) is 5.16. The Balaban J connectivity index is 2.07. The number of piperidine rings is 1. The Labute approximate surface area is 128 Å². The van der Waals surface area contributed by atoms with Gasteiger partial charge in [0.15, 0.2) is 0 Å². The molecule has 1 aromatic rings. The Kier molecular flexibility index (Phi) is 5.06. The average Bonchev–Trinajstić information content (AvgIpc) is 2.37. The van der Waals surface area contributed by atoms with E-state index in [4.69, 9.17) is 5.73 Å². The van der Waals surface area contributed by atoms with Crippen LogP contribution in [0.1, 0.15) is 19.3 Å². The molecule has 112 valence electrons. The summed E-state index contributed by atoms with van der Waals surface area (Å²) in [6, 6.07) is 5.06. The molecule has 1 saturated heterocycles. The van der Waals surface area contributed by atoms with Crippen molar-refractivity contribution in [3.8, 4) is 0 Å². The molecule has 1 aromatic carbocycles. The monoisotopic (exact) mass is 361 g/mol. The zero-order chi connectivity index (χ0) is 14.8. The Morgan fingerprint density at radius 3 is 2.85 bits per heavy atom. The summed E-state index contributed by atoms with van der Waals surface area (Å²) in [6.07, 6.45) is 3.35. The van der Waals surface area contributed by atoms with Crippen LogP contribution in [0.15, 0.2) is 27.6 Å². The van der Waals surface area contributed by atoms with Gasteiger partial charge in [0.25, 0.3) is 0 Å². The standard InChI is InChI=1S/C13H20BrN3O2S/c1-17-7-3-2-4-11(17)9-16-20(18,19)13-6-5-10(14)8-12(13)15/h5-6,8,11,16H,2-4,7,9,15H2,1H3. The fourth-order valence-electron chi connectivity index (χ4n) is 2.45. The van der Waals surface area contributed by atoms with Crippen LogP contribution in [0.5, 0.6) is 0 Å². The van der Waals surface area contributed by atoms with Crippen LogP contribution < -0.4 is 10.5 Å². The van der Waals surface area contributed by atoms with E-state index < -0.39 is 10.0 Å². The zero-order valence-electron chi connectivity index (χ0n) is 11.5. The van der Waals surface area contributed by atoms with Crippen LogP contribution in [0.4, 0.5) is 5.69 Å². The minimum absolute atomic E-state index is 0.138. The molecule has 0 spiro atoms. The van der Waals surface area contributed by atoms with E-state index in [1.165, 1.54) is 12.5 Å². The Hall–Kier alpha value is -0.630. The minimum Gasteiger partial charge on any atom is -0.398 e. The van der Waals surface area contributed by atoms with Crippen LogP contribution in [-0.2, 0) is 10.0 Å². The lowest BCUT2D eigenvalue weighted by atomic mass is 10.0. The summed E-state index contributed by atoms with van der Waals surface area (Å²) in [4.78, 5) is 2.34. The number of nitrogen functional groups attached to an aromatic ring is 1. The van der Waals surface area contributed by atoms with Gasteiger partial charge in [-0.05, 0) is 44.6 Å². The quantitative estimate of drug-likeness (QED) is 0.801. The average molecular weight is 362 g/mol. The van der Waals surface area contributed by atoms with E-state index >= 15 is 0 Å². The van der Waals surface area contributed by atoms with Crippen molar-refractivity contribution in [2.75, 3.05) is 25.9 Å². The second kappa shape index (κ2) is 6.43. The van der Waals surface area contributed by atoms with Crippen LogP contribution in [-0.4, -0.2) is 39.5 Å². The molecule has 20 heavy (non-hydrogen) atoms. The maximum atomic E-state index is 12.3. The number of rotatable bonds is 4. The second-order valence-corrected chi connectivity index (χ2v) is 7.82. The first kappa shape index (κ1) is 15.8. The lowest BCUT2D eigenvalue weighted by Crippen LogP contribution is -2.44. The third-order valence-electron chi connectivity index (χ3n) is 3.69. The molecule has 0 radical (unpaired) electrons. The van der Waals surface area contributed by atoms with Gasteiger partial charge in [-0.25, -0.2) is 13.1 Å². The first-order chi connectivity index (χ1) is 9.40. The number of anilines is 1. The van der Waals surface area contributed by atoms with Crippen LogP contribution in [0.2, 0.25) is 0 Å². The molecular formula is C13H20BrN3O2S. The van der Waals surface area contributed by atoms with Crippen LogP contribution in [0.3, 0.4) is 0 Å². The SMILES string of the molecule is CN1CCCCC1CNS(=O)(=O)c1ccc(Br)cc1N. The number of nitrogens with zero attached hydrogens (tertiary/aromatic N) is 1. The lowest BCUT2D eigenvalue weighted by Gasteiger charge is -2.32. The lowest BCUT2D eigenvalue weighted by molar-refractivity contribution is 0.187. The number of benzene rings is 1. The van der Waals surface area contributed by atoms with Crippen LogP contribution in [0.25, 0.3) is 0 Å². The highest BCUT2D eigenvalue weighted by Crippen LogP contribution is 2.23. The van der Waals surface area contributed by atoms with E-state index in [1.54, 1.807) is 12.1 Å². The summed E-state index contributed by atoms with van der Waals surface area (Å²) in [7, 11) is -1.52. The summed E-state index contributed by atoms with van der Waals surface area (Å²) in [6.45, 7) is 1.45. The van der Waals surface area contributed by atoms with Gasteiger partial charge in [0, 0.05) is 17.1 Å². The van der Waals surface area contributed by atoms with E-state index in [1.807, 2.05) is 7.05 Å². The topological polar surface area (TPSA) is 75.4 Å². The number of hydrogen-bond acceptors (Lipinski definition) is 4. The van der Waals surface area contributed by atoms with Gasteiger partial charge in [0.1, 0.15) is 4.90 Å². The highest BCUT2D eigenvalue weighted by molar-refractivity contribution is 9.10. The Morgan fingerprint density at radius 2 is 2.20 bits per heavy atom. The van der Waals surface area contributed by atoms with Crippen molar-refractivity contribution < 1.29 is 8.42 Å². The Morgan fingerprint density at radius 1 is 1.45 bits per heavy atom. The molecule has 7 heteroatoms. The highest BCUT2D eigenvalue weighted by atomic mass is 79.9. The molecule has 0 aromatic heterocycles. The fraction of sp³-hybridized carbons (Fsp3) is 0.538. The number of nitrogens with two attached hydrogens (primary N) is 1. The predicted octanol–water partition coefficient (Wildman–Crippen LogP) is 1.79. The van der Waals surface area contributed by atoms with Gasteiger partial charge in [-0.3, -0.25) is 0 Å². The Bertz CT molecular complexity index is 577. The molecule has 1 heterocycles. The van der Waals surface area contributed by atoms with Gasteiger partial charge < -0.3 is 10.6 Å². The third-order valence-corrected chi connectivity index (χ3v) is 5.68. The number of nitrogens with one attached hydrogen (secondary N) is 1. The van der Waals surface area contributed by atoms with Crippen LogP contribution >= 0.6 is 15.9 Å². The van der Waals surface area contributed by atoms with Crippen molar-refractivity contribution in [3.05, 3.63) is 22.7 Å². The molecule has 0 bridgehead atoms. The normalized spacial score (nSPS) is 21.0. The maximum absolute atomic E-state index is 12.3. The molecule has 0 aliphatic carbocycles. The third kappa shape index (κ3) is 3.72. The first-order valence-electron chi connectivity index (χ1n) is 6.65. The number of likely N-dealkylation sites (tertiary alicyclic amines) is 1. The van der Waals surface area contributed by atoms with E-state index in [9.17, 15) is 8.42 Å². The molecule has 1 fully saturated rings. The summed E-state index contributed by atoms with van der Waals surface area (Å²) in [5, 5.41) is 0. The molecule has 1 atom stereocenters. The van der Waals surface area contributed by atoms with Crippen molar-refractivity contribution in [3.63, 3.8) is 0 Å². The zero-order valence-corrected chi connectivity index (χ0v) is 13.9. The van der Waals surface area contributed by atoms with Crippen molar-refractivity contribution in [2.24, 2.45) is 0 Å². The van der Waals surface area contributed by atoms with Crippen molar-refractivity contribution in [2.45, 2.75) is 30.2 Å². The highest BCUT2D eigenvalue weighted by Gasteiger charge is 2.23. The van der Waals surface area contributed by atoms with E-state index in [0.29, 0.717) is 6.54 Å². The van der Waals surface area contributed by atoms with Crippen molar-refractivity contribution in [1.82, 2.24) is 9.62 Å². The van der Waals surface area contributed by atoms with Crippen molar-refractivity contribution >= 4 is 31.6 Å². The molecule has 1 unspecified atom stereocenters. The van der Waals surface area contributed by atoms with Gasteiger partial charge >= 0.3 is 0 Å². The molecule has 3 N–H and O–H groups in total. The number of sulfonamides is 1. The van der Waals surface area contributed by atoms with E-state index in [-0.39, 0.29) is 16.6 Å². The molecule has 1 aliphatic rings. The number of hydrogen-bond donors (Lipinski definition) is 2. The molecule has 0 saturated carbocycles. The van der Waals surface area contributed by atoms with Gasteiger partial charge in [0.05, 0.1) is 5.69 Å². The van der Waals surface area contributed by atoms with Gasteiger partial charge in [-0.1, -0.05) is 22.4 Å². The fourth-order valence-corrected chi connectivity index (χ4v) is 4.01. The molecule has 0 amide bonds. The largest absolute Gasteiger partial charge is 0.398 e.